The SMILES string of the molecule is CN1CC2CCC(C1)N2Cc1ccc(Nc2cc(-c3cnc4nc5n(c4c3)C(C)(C)CC5)c(F)cn2)nc1. The summed E-state index contributed by atoms with van der Waals surface area (Å²) in [5, 5.41) is 3.25. The minimum atomic E-state index is -0.387. The summed E-state index contributed by atoms with van der Waals surface area (Å²) in [5.41, 5.74) is 3.98. The van der Waals surface area contributed by atoms with Gasteiger partial charge in [-0.15, -0.1) is 0 Å². The fraction of sp³-hybridized carbons (Fsp3) is 0.448. The van der Waals surface area contributed by atoms with Crippen molar-refractivity contribution in [2.45, 2.75) is 63.7 Å². The van der Waals surface area contributed by atoms with Crippen LogP contribution in [0.2, 0.25) is 0 Å². The number of nitrogens with one attached hydrogen (secondary N) is 1. The summed E-state index contributed by atoms with van der Waals surface area (Å²) in [6.45, 7) is 7.64. The third-order valence-electron chi connectivity index (χ3n) is 8.58. The van der Waals surface area contributed by atoms with E-state index in [-0.39, 0.29) is 11.4 Å². The Labute approximate surface area is 221 Å². The van der Waals surface area contributed by atoms with Crippen LogP contribution in [-0.4, -0.2) is 66.5 Å². The van der Waals surface area contributed by atoms with Crippen LogP contribution in [0.15, 0.2) is 42.9 Å². The number of halogens is 1. The lowest BCUT2D eigenvalue weighted by atomic mass is 10.0. The fourth-order valence-corrected chi connectivity index (χ4v) is 6.65. The van der Waals surface area contributed by atoms with Crippen LogP contribution in [0.4, 0.5) is 16.0 Å². The average molecular weight is 513 g/mol. The Balaban J connectivity index is 1.11. The van der Waals surface area contributed by atoms with Gasteiger partial charge >= 0.3 is 0 Å². The van der Waals surface area contributed by atoms with E-state index >= 15 is 0 Å². The van der Waals surface area contributed by atoms with Gasteiger partial charge in [-0.1, -0.05) is 6.07 Å². The number of likely N-dealkylation sites (N-methyl/N-ethyl adjacent to an activating group) is 1. The molecule has 0 amide bonds. The Morgan fingerprint density at radius 2 is 1.79 bits per heavy atom. The lowest BCUT2D eigenvalue weighted by Gasteiger charge is -2.39. The van der Waals surface area contributed by atoms with Crippen molar-refractivity contribution < 1.29 is 4.39 Å². The zero-order valence-electron chi connectivity index (χ0n) is 22.2. The average Bonchev–Trinajstić information content (AvgIpc) is 3.49. The molecule has 2 saturated heterocycles. The highest BCUT2D eigenvalue weighted by Crippen LogP contribution is 2.37. The number of nitrogens with zero attached hydrogens (tertiary/aromatic N) is 7. The van der Waals surface area contributed by atoms with E-state index in [4.69, 9.17) is 4.98 Å². The number of hydrogen-bond donors (Lipinski definition) is 1. The Morgan fingerprint density at radius 1 is 1.00 bits per heavy atom. The minimum Gasteiger partial charge on any atom is -0.325 e. The molecule has 0 aromatic carbocycles. The lowest BCUT2D eigenvalue weighted by Crippen LogP contribution is -2.51. The van der Waals surface area contributed by atoms with Crippen LogP contribution in [-0.2, 0) is 18.5 Å². The summed E-state index contributed by atoms with van der Waals surface area (Å²) in [5.74, 6) is 1.88. The highest BCUT2D eigenvalue weighted by Gasteiger charge is 2.38. The largest absolute Gasteiger partial charge is 0.325 e. The quantitative estimate of drug-likeness (QED) is 0.414. The van der Waals surface area contributed by atoms with E-state index in [2.05, 4.69) is 61.6 Å². The molecule has 38 heavy (non-hydrogen) atoms. The summed E-state index contributed by atoms with van der Waals surface area (Å²) in [6, 6.07) is 9.10. The Morgan fingerprint density at radius 3 is 2.55 bits per heavy atom. The summed E-state index contributed by atoms with van der Waals surface area (Å²) in [7, 11) is 2.22. The van der Waals surface area contributed by atoms with Gasteiger partial charge in [0.05, 0.1) is 11.7 Å². The zero-order chi connectivity index (χ0) is 26.0. The number of fused-ring (bicyclic) bond motifs is 5. The molecule has 9 heteroatoms. The highest BCUT2D eigenvalue weighted by molar-refractivity contribution is 5.80. The third-order valence-corrected chi connectivity index (χ3v) is 8.58. The summed E-state index contributed by atoms with van der Waals surface area (Å²) in [4.78, 5) is 23.2. The van der Waals surface area contributed by atoms with Gasteiger partial charge < -0.3 is 14.8 Å². The molecule has 0 aliphatic carbocycles. The van der Waals surface area contributed by atoms with Gasteiger partial charge in [0.25, 0.3) is 0 Å². The molecule has 7 heterocycles. The predicted molar refractivity (Wildman–Crippen MR) is 146 cm³/mol. The normalized spacial score (nSPS) is 22.7. The molecule has 196 valence electrons. The van der Waals surface area contributed by atoms with Crippen LogP contribution in [0, 0.1) is 5.82 Å². The fourth-order valence-electron chi connectivity index (χ4n) is 6.65. The summed E-state index contributed by atoms with van der Waals surface area (Å²) < 4.78 is 17.2. The second-order valence-corrected chi connectivity index (χ2v) is 11.7. The van der Waals surface area contributed by atoms with Gasteiger partial charge in [0.1, 0.15) is 23.3 Å². The van der Waals surface area contributed by atoms with E-state index in [0.29, 0.717) is 40.5 Å². The number of hydrogen-bond acceptors (Lipinski definition) is 7. The van der Waals surface area contributed by atoms with Gasteiger partial charge in [0.15, 0.2) is 5.65 Å². The second-order valence-electron chi connectivity index (χ2n) is 11.7. The Bertz CT molecular complexity index is 1500. The molecule has 2 unspecified atom stereocenters. The van der Waals surface area contributed by atoms with Crippen molar-refractivity contribution in [3.63, 3.8) is 0 Å². The van der Waals surface area contributed by atoms with E-state index < -0.39 is 0 Å². The topological polar surface area (TPSA) is 75.0 Å². The van der Waals surface area contributed by atoms with E-state index in [1.165, 1.54) is 24.6 Å². The molecule has 1 N–H and O–H groups in total. The molecule has 0 radical (unpaired) electrons. The van der Waals surface area contributed by atoms with Crippen molar-refractivity contribution in [2.75, 3.05) is 25.5 Å². The maximum atomic E-state index is 15.0. The second kappa shape index (κ2) is 8.81. The van der Waals surface area contributed by atoms with E-state index in [1.54, 1.807) is 12.3 Å². The van der Waals surface area contributed by atoms with Crippen molar-refractivity contribution in [2.24, 2.45) is 0 Å². The predicted octanol–water partition coefficient (Wildman–Crippen LogP) is 4.73. The Hall–Kier alpha value is -3.43. The first kappa shape index (κ1) is 23.7. The number of imidazole rings is 1. The minimum absolute atomic E-state index is 0.0321. The molecule has 0 saturated carbocycles. The highest BCUT2D eigenvalue weighted by atomic mass is 19.1. The molecule has 2 bridgehead atoms. The number of rotatable bonds is 5. The number of likely N-dealkylation sites (tertiary alicyclic amines) is 1. The van der Waals surface area contributed by atoms with Crippen LogP contribution in [0.5, 0.6) is 0 Å². The summed E-state index contributed by atoms with van der Waals surface area (Å²) in [6.07, 6.45) is 9.41. The number of pyridine rings is 3. The first-order valence-electron chi connectivity index (χ1n) is 13.5. The van der Waals surface area contributed by atoms with E-state index in [0.717, 1.165) is 43.8 Å². The molecule has 0 spiro atoms. The van der Waals surface area contributed by atoms with Gasteiger partial charge in [0, 0.05) is 67.2 Å². The monoisotopic (exact) mass is 512 g/mol. The third kappa shape index (κ3) is 4.05. The number of piperazine rings is 1. The van der Waals surface area contributed by atoms with E-state index in [9.17, 15) is 4.39 Å². The van der Waals surface area contributed by atoms with Crippen molar-refractivity contribution in [3.8, 4) is 11.1 Å². The summed E-state index contributed by atoms with van der Waals surface area (Å²) >= 11 is 0. The molecule has 3 aliphatic heterocycles. The van der Waals surface area contributed by atoms with Crippen LogP contribution < -0.4 is 5.32 Å². The van der Waals surface area contributed by atoms with Crippen molar-refractivity contribution in [1.29, 1.82) is 0 Å². The van der Waals surface area contributed by atoms with Crippen LogP contribution >= 0.6 is 0 Å². The smallest absolute Gasteiger partial charge is 0.177 e. The first-order valence-corrected chi connectivity index (χ1v) is 13.5. The van der Waals surface area contributed by atoms with Crippen LogP contribution in [0.3, 0.4) is 0 Å². The standard InChI is InChI=1S/C29H33FN8/c1-29(2)9-8-27-35-28-24(38(27)29)10-19(13-33-28)22-11-26(32-14-23(22)30)34-25-7-4-18(12-31-25)15-37-20-5-6-21(37)17-36(3)16-20/h4,7,10-14,20-21H,5-6,8-9,15-17H2,1-3H3,(H,31,32,34). The number of aromatic nitrogens is 5. The molecule has 2 fully saturated rings. The van der Waals surface area contributed by atoms with Gasteiger partial charge in [-0.2, -0.15) is 0 Å². The molecule has 8 nitrogen and oxygen atoms in total. The zero-order valence-corrected chi connectivity index (χ0v) is 22.2. The molecule has 4 aromatic heterocycles. The van der Waals surface area contributed by atoms with Gasteiger partial charge in [-0.3, -0.25) is 4.90 Å². The molecule has 2 atom stereocenters. The molecule has 3 aliphatic rings. The maximum Gasteiger partial charge on any atom is 0.177 e. The van der Waals surface area contributed by atoms with Crippen LogP contribution in [0.1, 0.15) is 44.5 Å². The van der Waals surface area contributed by atoms with Crippen LogP contribution in [0.25, 0.3) is 22.3 Å². The first-order chi connectivity index (χ1) is 18.3. The van der Waals surface area contributed by atoms with Crippen molar-refractivity contribution in [1.82, 2.24) is 34.3 Å². The van der Waals surface area contributed by atoms with Gasteiger partial charge in [0.2, 0.25) is 0 Å². The Kier molecular flexibility index (Phi) is 5.49. The molecular formula is C29H33FN8. The number of anilines is 2. The number of aryl methyl sites for hydroxylation is 1. The van der Waals surface area contributed by atoms with Gasteiger partial charge in [-0.25, -0.2) is 24.3 Å². The molecular weight excluding hydrogens is 479 g/mol. The lowest BCUT2D eigenvalue weighted by molar-refractivity contribution is 0.0759. The van der Waals surface area contributed by atoms with E-state index in [1.807, 2.05) is 18.3 Å². The molecule has 4 aromatic rings. The van der Waals surface area contributed by atoms with Crippen molar-refractivity contribution in [3.05, 3.63) is 60.1 Å². The van der Waals surface area contributed by atoms with Crippen molar-refractivity contribution >= 4 is 22.8 Å². The molecule has 7 rings (SSSR count). The maximum absolute atomic E-state index is 15.0. The van der Waals surface area contributed by atoms with Gasteiger partial charge in [-0.05, 0) is 63.9 Å².